The lowest BCUT2D eigenvalue weighted by molar-refractivity contribution is -0.384. The van der Waals surface area contributed by atoms with Crippen LogP contribution in [0.2, 0.25) is 0 Å². The Bertz CT molecular complexity index is 1560. The molecule has 0 fully saturated rings. The second-order valence-corrected chi connectivity index (χ2v) is 6.78. The third kappa shape index (κ3) is 3.23. The summed E-state index contributed by atoms with van der Waals surface area (Å²) in [6, 6.07) is 20.6. The molecule has 0 aliphatic rings. The Morgan fingerprint density at radius 3 is 2.35 bits per heavy atom. The quantitative estimate of drug-likeness (QED) is 0.159. The third-order valence-electron chi connectivity index (χ3n) is 4.86. The third-order valence-corrected chi connectivity index (χ3v) is 4.86. The minimum absolute atomic E-state index is 0.00593. The van der Waals surface area contributed by atoms with Gasteiger partial charge in [0.05, 0.1) is 22.0 Å². The molecule has 0 spiro atoms. The number of anilines is 1. The second-order valence-electron chi connectivity index (χ2n) is 6.78. The van der Waals surface area contributed by atoms with Gasteiger partial charge in [-0.3, -0.25) is 20.3 Å². The molecule has 2 heterocycles. The number of rotatable bonds is 4. The number of nitro benzene ring substituents is 1. The SMILES string of the molecule is O=c1c2ccccc2nc2c3ccccc3c(NN=Cc3ccc([N+](=O)[O-])cc3)nn12. The maximum atomic E-state index is 13.0. The van der Waals surface area contributed by atoms with E-state index in [1.165, 1.54) is 22.9 Å². The molecule has 0 bridgehead atoms. The van der Waals surface area contributed by atoms with Crippen LogP contribution in [-0.4, -0.2) is 25.7 Å². The summed E-state index contributed by atoms with van der Waals surface area (Å²) in [4.78, 5) is 28.0. The van der Waals surface area contributed by atoms with Crippen molar-refractivity contribution in [1.29, 1.82) is 0 Å². The number of hydrazone groups is 1. The first kappa shape index (κ1) is 18.4. The Balaban J connectivity index is 1.60. The molecule has 31 heavy (non-hydrogen) atoms. The van der Waals surface area contributed by atoms with E-state index in [0.717, 1.165) is 10.8 Å². The van der Waals surface area contributed by atoms with Crippen molar-refractivity contribution in [1.82, 2.24) is 14.6 Å². The van der Waals surface area contributed by atoms with Crippen LogP contribution in [0.4, 0.5) is 11.5 Å². The zero-order chi connectivity index (χ0) is 21.4. The molecule has 1 N–H and O–H groups in total. The van der Waals surface area contributed by atoms with E-state index in [2.05, 4.69) is 20.6 Å². The zero-order valence-corrected chi connectivity index (χ0v) is 16.0. The summed E-state index contributed by atoms with van der Waals surface area (Å²) in [6.07, 6.45) is 1.52. The van der Waals surface area contributed by atoms with Crippen LogP contribution in [0, 0.1) is 10.1 Å². The molecule has 2 aromatic heterocycles. The van der Waals surface area contributed by atoms with E-state index in [1.807, 2.05) is 30.3 Å². The number of benzene rings is 3. The predicted molar refractivity (Wildman–Crippen MR) is 119 cm³/mol. The molecule has 9 nitrogen and oxygen atoms in total. The highest BCUT2D eigenvalue weighted by atomic mass is 16.6. The number of nitrogens with one attached hydrogen (secondary N) is 1. The van der Waals surface area contributed by atoms with Crippen molar-refractivity contribution in [2.24, 2.45) is 5.10 Å². The van der Waals surface area contributed by atoms with Gasteiger partial charge in [-0.15, -0.1) is 5.10 Å². The molecular weight excluding hydrogens is 396 g/mol. The van der Waals surface area contributed by atoms with Gasteiger partial charge in [0.1, 0.15) is 0 Å². The maximum Gasteiger partial charge on any atom is 0.282 e. The van der Waals surface area contributed by atoms with E-state index in [1.54, 1.807) is 30.3 Å². The van der Waals surface area contributed by atoms with Gasteiger partial charge in [-0.1, -0.05) is 36.4 Å². The van der Waals surface area contributed by atoms with E-state index in [0.29, 0.717) is 27.9 Å². The van der Waals surface area contributed by atoms with Crippen molar-refractivity contribution in [3.05, 3.63) is 98.8 Å². The van der Waals surface area contributed by atoms with E-state index in [4.69, 9.17) is 0 Å². The fourth-order valence-corrected chi connectivity index (χ4v) is 3.36. The summed E-state index contributed by atoms with van der Waals surface area (Å²) in [5, 5.41) is 21.4. The average Bonchev–Trinajstić information content (AvgIpc) is 2.80. The predicted octanol–water partition coefficient (Wildman–Crippen LogP) is 3.75. The van der Waals surface area contributed by atoms with Crippen LogP contribution in [-0.2, 0) is 0 Å². The fourth-order valence-electron chi connectivity index (χ4n) is 3.36. The Morgan fingerprint density at radius 2 is 1.61 bits per heavy atom. The molecular formula is C22H14N6O3. The molecule has 0 saturated carbocycles. The first-order chi connectivity index (χ1) is 15.1. The molecule has 0 atom stereocenters. The molecule has 9 heteroatoms. The number of hydrogen-bond donors (Lipinski definition) is 1. The molecule has 0 amide bonds. The van der Waals surface area contributed by atoms with Gasteiger partial charge in [-0.25, -0.2) is 4.98 Å². The lowest BCUT2D eigenvalue weighted by Crippen LogP contribution is -2.19. The number of hydrogen-bond acceptors (Lipinski definition) is 7. The first-order valence-corrected chi connectivity index (χ1v) is 9.36. The van der Waals surface area contributed by atoms with E-state index in [-0.39, 0.29) is 11.2 Å². The summed E-state index contributed by atoms with van der Waals surface area (Å²) in [6.45, 7) is 0. The lowest BCUT2D eigenvalue weighted by atomic mass is 10.1. The highest BCUT2D eigenvalue weighted by molar-refractivity contribution is 6.01. The van der Waals surface area contributed by atoms with Crippen molar-refractivity contribution < 1.29 is 4.92 Å². The molecule has 0 saturated heterocycles. The zero-order valence-electron chi connectivity index (χ0n) is 16.0. The van der Waals surface area contributed by atoms with Crippen LogP contribution >= 0.6 is 0 Å². The van der Waals surface area contributed by atoms with Crippen LogP contribution in [0.15, 0.2) is 82.7 Å². The topological polar surface area (TPSA) is 115 Å². The van der Waals surface area contributed by atoms with Crippen LogP contribution in [0.5, 0.6) is 0 Å². The van der Waals surface area contributed by atoms with Crippen molar-refractivity contribution in [2.75, 3.05) is 5.43 Å². The summed E-state index contributed by atoms with van der Waals surface area (Å²) < 4.78 is 1.27. The van der Waals surface area contributed by atoms with Gasteiger partial charge >= 0.3 is 0 Å². The van der Waals surface area contributed by atoms with Crippen molar-refractivity contribution >= 4 is 45.0 Å². The largest absolute Gasteiger partial charge is 0.282 e. The number of nitrogens with zero attached hydrogens (tertiary/aromatic N) is 5. The number of aromatic nitrogens is 3. The van der Waals surface area contributed by atoms with Crippen molar-refractivity contribution in [3.8, 4) is 0 Å². The number of non-ortho nitro benzene ring substituents is 1. The smallest absolute Gasteiger partial charge is 0.267 e. The van der Waals surface area contributed by atoms with Gasteiger partial charge in [0.15, 0.2) is 11.5 Å². The Labute approximate surface area is 174 Å². The standard InChI is InChI=1S/C22H14N6O3/c29-22-18-7-3-4-8-19(18)24-21-17-6-2-1-5-16(17)20(26-27(21)22)25-23-13-14-9-11-15(12-10-14)28(30)31/h1-13H,(H,25,26). The normalized spacial score (nSPS) is 11.5. The summed E-state index contributed by atoms with van der Waals surface area (Å²) in [5.74, 6) is 0.389. The fraction of sp³-hybridized carbons (Fsp3) is 0. The molecule has 0 aliphatic heterocycles. The van der Waals surface area contributed by atoms with Gasteiger partial charge in [0, 0.05) is 22.9 Å². The van der Waals surface area contributed by atoms with Gasteiger partial charge in [-0.05, 0) is 29.8 Å². The second kappa shape index (κ2) is 7.30. The molecule has 0 aliphatic carbocycles. The van der Waals surface area contributed by atoms with E-state index >= 15 is 0 Å². The number of fused-ring (bicyclic) bond motifs is 4. The molecule has 5 aromatic rings. The van der Waals surface area contributed by atoms with Gasteiger partial charge in [-0.2, -0.15) is 9.62 Å². The number of nitro groups is 1. The van der Waals surface area contributed by atoms with Crippen molar-refractivity contribution in [3.63, 3.8) is 0 Å². The lowest BCUT2D eigenvalue weighted by Gasteiger charge is -2.10. The van der Waals surface area contributed by atoms with Crippen LogP contribution in [0.1, 0.15) is 5.56 Å². The number of para-hydroxylation sites is 1. The van der Waals surface area contributed by atoms with Gasteiger partial charge in [0.25, 0.3) is 11.2 Å². The highest BCUT2D eigenvalue weighted by Crippen LogP contribution is 2.24. The van der Waals surface area contributed by atoms with Crippen LogP contribution < -0.4 is 11.0 Å². The van der Waals surface area contributed by atoms with E-state index < -0.39 is 4.92 Å². The Kier molecular flexibility index (Phi) is 4.33. The molecule has 0 radical (unpaired) electrons. The maximum absolute atomic E-state index is 13.0. The Morgan fingerprint density at radius 1 is 0.935 bits per heavy atom. The minimum Gasteiger partial charge on any atom is -0.267 e. The monoisotopic (exact) mass is 410 g/mol. The first-order valence-electron chi connectivity index (χ1n) is 9.36. The van der Waals surface area contributed by atoms with Crippen molar-refractivity contribution in [2.45, 2.75) is 0 Å². The minimum atomic E-state index is -0.459. The highest BCUT2D eigenvalue weighted by Gasteiger charge is 2.13. The van der Waals surface area contributed by atoms with Gasteiger partial charge in [0.2, 0.25) is 0 Å². The summed E-state index contributed by atoms with van der Waals surface area (Å²) >= 11 is 0. The Hall–Kier alpha value is -4.66. The van der Waals surface area contributed by atoms with E-state index in [9.17, 15) is 14.9 Å². The van der Waals surface area contributed by atoms with Gasteiger partial charge < -0.3 is 0 Å². The van der Waals surface area contributed by atoms with Crippen LogP contribution in [0.3, 0.4) is 0 Å². The molecule has 3 aromatic carbocycles. The average molecular weight is 410 g/mol. The summed E-state index contributed by atoms with van der Waals surface area (Å²) in [5.41, 5.74) is 4.36. The molecule has 150 valence electrons. The van der Waals surface area contributed by atoms with Crippen LogP contribution in [0.25, 0.3) is 27.3 Å². The summed E-state index contributed by atoms with van der Waals surface area (Å²) in [7, 11) is 0. The molecule has 0 unspecified atom stereocenters. The molecule has 5 rings (SSSR count).